The van der Waals surface area contributed by atoms with Gasteiger partial charge in [0, 0.05) is 5.88 Å². The van der Waals surface area contributed by atoms with Gasteiger partial charge in [-0.1, -0.05) is 42.8 Å². The van der Waals surface area contributed by atoms with Crippen molar-refractivity contribution in [3.63, 3.8) is 0 Å². The zero-order valence-corrected chi connectivity index (χ0v) is 9.71. The molecule has 1 fully saturated rings. The molecule has 0 atom stereocenters. The van der Waals surface area contributed by atoms with Crippen LogP contribution in [-0.4, -0.2) is 5.88 Å². The molecule has 1 aromatic carbocycles. The Balaban J connectivity index is 2.04. The second-order valence-electron chi connectivity index (χ2n) is 4.18. The molecule has 1 aliphatic rings. The average Bonchev–Trinajstić information content (AvgIpc) is 2.16. The topological polar surface area (TPSA) is 0 Å². The Morgan fingerprint density at radius 2 is 2.20 bits per heavy atom. The van der Waals surface area contributed by atoms with E-state index < -0.39 is 0 Å². The fourth-order valence-electron chi connectivity index (χ4n) is 1.94. The SMILES string of the molecule is ClCC/C=C/c1cccc(C2CCC2)c1. The van der Waals surface area contributed by atoms with Crippen LogP contribution in [0.4, 0.5) is 0 Å². The van der Waals surface area contributed by atoms with Gasteiger partial charge in [-0.25, -0.2) is 0 Å². The van der Waals surface area contributed by atoms with Crippen molar-refractivity contribution in [3.8, 4) is 0 Å². The molecule has 80 valence electrons. The number of rotatable bonds is 4. The van der Waals surface area contributed by atoms with Gasteiger partial charge in [0.25, 0.3) is 0 Å². The Hall–Kier alpha value is -0.750. The summed E-state index contributed by atoms with van der Waals surface area (Å²) in [6.07, 6.45) is 9.41. The third kappa shape index (κ3) is 2.85. The van der Waals surface area contributed by atoms with Crippen molar-refractivity contribution in [2.45, 2.75) is 31.6 Å². The fraction of sp³-hybridized carbons (Fsp3) is 0.429. The minimum absolute atomic E-state index is 0.707. The Bertz CT molecular complexity index is 337. The Kier molecular flexibility index (Phi) is 3.85. The molecule has 0 heterocycles. The summed E-state index contributed by atoms with van der Waals surface area (Å²) in [5, 5.41) is 0. The molecule has 1 aliphatic carbocycles. The predicted octanol–water partition coefficient (Wildman–Crippen LogP) is 4.60. The van der Waals surface area contributed by atoms with E-state index in [1.54, 1.807) is 0 Å². The molecule has 1 heteroatoms. The molecular weight excluding hydrogens is 204 g/mol. The number of halogens is 1. The van der Waals surface area contributed by atoms with Crippen molar-refractivity contribution in [2.75, 3.05) is 5.88 Å². The van der Waals surface area contributed by atoms with Gasteiger partial charge in [-0.15, -0.1) is 11.6 Å². The minimum Gasteiger partial charge on any atom is -0.126 e. The van der Waals surface area contributed by atoms with E-state index in [-0.39, 0.29) is 0 Å². The van der Waals surface area contributed by atoms with Crippen LogP contribution < -0.4 is 0 Å². The van der Waals surface area contributed by atoms with Crippen molar-refractivity contribution in [1.29, 1.82) is 0 Å². The maximum Gasteiger partial charge on any atom is 0.0258 e. The summed E-state index contributed by atoms with van der Waals surface area (Å²) >= 11 is 5.63. The van der Waals surface area contributed by atoms with Crippen LogP contribution in [0.2, 0.25) is 0 Å². The smallest absolute Gasteiger partial charge is 0.0258 e. The first-order chi connectivity index (χ1) is 7.40. The van der Waals surface area contributed by atoms with Crippen LogP contribution >= 0.6 is 11.6 Å². The van der Waals surface area contributed by atoms with E-state index >= 15 is 0 Å². The van der Waals surface area contributed by atoms with Crippen LogP contribution in [0.15, 0.2) is 30.3 Å². The second-order valence-corrected chi connectivity index (χ2v) is 4.56. The minimum atomic E-state index is 0.707. The predicted molar refractivity (Wildman–Crippen MR) is 67.4 cm³/mol. The number of benzene rings is 1. The molecule has 0 saturated heterocycles. The van der Waals surface area contributed by atoms with Crippen LogP contribution in [-0.2, 0) is 0 Å². The number of allylic oxidation sites excluding steroid dienone is 1. The zero-order chi connectivity index (χ0) is 10.5. The third-order valence-corrected chi connectivity index (χ3v) is 3.29. The van der Waals surface area contributed by atoms with Crippen molar-refractivity contribution < 1.29 is 0 Å². The van der Waals surface area contributed by atoms with Crippen molar-refractivity contribution in [1.82, 2.24) is 0 Å². The lowest BCUT2D eigenvalue weighted by atomic mass is 9.80. The summed E-state index contributed by atoms with van der Waals surface area (Å²) in [6.45, 7) is 0. The highest BCUT2D eigenvalue weighted by molar-refractivity contribution is 6.17. The van der Waals surface area contributed by atoms with Crippen molar-refractivity contribution in [2.24, 2.45) is 0 Å². The van der Waals surface area contributed by atoms with Gasteiger partial charge >= 0.3 is 0 Å². The molecule has 0 aliphatic heterocycles. The van der Waals surface area contributed by atoms with Gasteiger partial charge < -0.3 is 0 Å². The lowest BCUT2D eigenvalue weighted by Crippen LogP contribution is -2.08. The Labute approximate surface area is 97.0 Å². The molecule has 2 rings (SSSR count). The van der Waals surface area contributed by atoms with E-state index in [2.05, 4.69) is 36.4 Å². The highest BCUT2D eigenvalue weighted by Crippen LogP contribution is 2.36. The molecule has 0 unspecified atom stereocenters. The molecule has 1 saturated carbocycles. The van der Waals surface area contributed by atoms with E-state index in [1.165, 1.54) is 30.4 Å². The molecule has 0 N–H and O–H groups in total. The van der Waals surface area contributed by atoms with Crippen LogP contribution in [0.1, 0.15) is 42.7 Å². The summed E-state index contributed by atoms with van der Waals surface area (Å²) in [5.74, 6) is 1.53. The molecule has 0 aromatic heterocycles. The van der Waals surface area contributed by atoms with Gasteiger partial charge in [0.05, 0.1) is 0 Å². The molecule has 0 nitrogen and oxygen atoms in total. The first-order valence-corrected chi connectivity index (χ1v) is 6.26. The van der Waals surface area contributed by atoms with Gasteiger partial charge in [0.2, 0.25) is 0 Å². The van der Waals surface area contributed by atoms with E-state index in [4.69, 9.17) is 11.6 Å². The quantitative estimate of drug-likeness (QED) is 0.651. The third-order valence-electron chi connectivity index (χ3n) is 3.07. The summed E-state index contributed by atoms with van der Waals surface area (Å²) in [6, 6.07) is 8.89. The molecular formula is C14H17Cl. The maximum atomic E-state index is 5.63. The van der Waals surface area contributed by atoms with Gasteiger partial charge in [0.15, 0.2) is 0 Å². The Morgan fingerprint density at radius 1 is 1.33 bits per heavy atom. The number of hydrogen-bond donors (Lipinski definition) is 0. The van der Waals surface area contributed by atoms with Crippen LogP contribution in [0.25, 0.3) is 6.08 Å². The average molecular weight is 221 g/mol. The highest BCUT2D eigenvalue weighted by Gasteiger charge is 2.18. The van der Waals surface area contributed by atoms with Crippen LogP contribution in [0.3, 0.4) is 0 Å². The van der Waals surface area contributed by atoms with E-state index in [0.717, 1.165) is 12.3 Å². The Morgan fingerprint density at radius 3 is 2.87 bits per heavy atom. The van der Waals surface area contributed by atoms with Crippen LogP contribution in [0, 0.1) is 0 Å². The lowest BCUT2D eigenvalue weighted by Gasteiger charge is -2.25. The normalized spacial score (nSPS) is 16.9. The highest BCUT2D eigenvalue weighted by atomic mass is 35.5. The van der Waals surface area contributed by atoms with E-state index in [1.807, 2.05) is 0 Å². The molecule has 15 heavy (non-hydrogen) atoms. The standard InChI is InChI=1S/C14H17Cl/c15-10-2-1-5-12-6-3-9-14(11-12)13-7-4-8-13/h1,3,5-6,9,11,13H,2,4,7-8,10H2/b5-1+. The lowest BCUT2D eigenvalue weighted by molar-refractivity contribution is 0.420. The fourth-order valence-corrected chi connectivity index (χ4v) is 2.07. The van der Waals surface area contributed by atoms with Gasteiger partial charge in [-0.3, -0.25) is 0 Å². The van der Waals surface area contributed by atoms with Gasteiger partial charge in [0.1, 0.15) is 0 Å². The summed E-state index contributed by atoms with van der Waals surface area (Å²) < 4.78 is 0. The number of alkyl halides is 1. The second kappa shape index (κ2) is 5.37. The zero-order valence-electron chi connectivity index (χ0n) is 8.95. The molecule has 1 aromatic rings. The summed E-state index contributed by atoms with van der Waals surface area (Å²) in [4.78, 5) is 0. The summed E-state index contributed by atoms with van der Waals surface area (Å²) in [7, 11) is 0. The monoisotopic (exact) mass is 220 g/mol. The van der Waals surface area contributed by atoms with Crippen molar-refractivity contribution in [3.05, 3.63) is 41.5 Å². The van der Waals surface area contributed by atoms with E-state index in [0.29, 0.717) is 5.88 Å². The summed E-state index contributed by atoms with van der Waals surface area (Å²) in [5.41, 5.74) is 2.82. The molecule has 0 amide bonds. The largest absolute Gasteiger partial charge is 0.126 e. The van der Waals surface area contributed by atoms with E-state index in [9.17, 15) is 0 Å². The van der Waals surface area contributed by atoms with Crippen molar-refractivity contribution >= 4 is 17.7 Å². The van der Waals surface area contributed by atoms with Gasteiger partial charge in [-0.05, 0) is 36.3 Å². The molecule has 0 bridgehead atoms. The molecule has 0 spiro atoms. The first kappa shape index (κ1) is 10.8. The number of hydrogen-bond acceptors (Lipinski definition) is 0. The first-order valence-electron chi connectivity index (χ1n) is 5.72. The maximum absolute atomic E-state index is 5.63. The molecule has 0 radical (unpaired) electrons. The van der Waals surface area contributed by atoms with Crippen LogP contribution in [0.5, 0.6) is 0 Å². The van der Waals surface area contributed by atoms with Gasteiger partial charge in [-0.2, -0.15) is 0 Å².